The number of carbonyl (C=O) groups is 1. The summed E-state index contributed by atoms with van der Waals surface area (Å²) in [4.78, 5) is 31.3. The number of hydrogen-bond donors (Lipinski definition) is 2. The van der Waals surface area contributed by atoms with E-state index in [9.17, 15) is 22.8 Å². The van der Waals surface area contributed by atoms with Gasteiger partial charge in [-0.1, -0.05) is 30.3 Å². The Bertz CT molecular complexity index is 1050. The summed E-state index contributed by atoms with van der Waals surface area (Å²) in [5, 5.41) is 2.64. The quantitative estimate of drug-likeness (QED) is 0.617. The van der Waals surface area contributed by atoms with Crippen LogP contribution in [-0.2, 0) is 17.9 Å². The molecule has 2 heterocycles. The predicted octanol–water partition coefficient (Wildman–Crippen LogP) is 3.45. The van der Waals surface area contributed by atoms with Gasteiger partial charge >= 0.3 is 6.18 Å². The Kier molecular flexibility index (Phi) is 6.63. The number of aromatic amines is 1. The van der Waals surface area contributed by atoms with E-state index in [0.29, 0.717) is 17.0 Å². The highest BCUT2D eigenvalue weighted by Gasteiger charge is 2.27. The van der Waals surface area contributed by atoms with Gasteiger partial charge in [-0.05, 0) is 35.4 Å². The third-order valence-corrected chi connectivity index (χ3v) is 4.11. The molecule has 3 aromatic rings. The zero-order valence-corrected chi connectivity index (χ0v) is 15.7. The molecule has 0 aliphatic rings. The first-order valence-corrected chi connectivity index (χ1v) is 8.97. The van der Waals surface area contributed by atoms with E-state index in [2.05, 4.69) is 20.0 Å². The van der Waals surface area contributed by atoms with Crippen LogP contribution in [0.1, 0.15) is 21.5 Å². The number of halogens is 3. The molecule has 0 bridgehead atoms. The first-order valence-electron chi connectivity index (χ1n) is 8.97. The fourth-order valence-electron chi connectivity index (χ4n) is 2.64. The Hall–Kier alpha value is -3.46. The van der Waals surface area contributed by atoms with E-state index in [1.807, 2.05) is 0 Å². The van der Waals surface area contributed by atoms with Crippen molar-refractivity contribution in [3.05, 3.63) is 87.8 Å². The van der Waals surface area contributed by atoms with Crippen molar-refractivity contribution < 1.29 is 22.7 Å². The Labute approximate surface area is 169 Å². The summed E-state index contributed by atoms with van der Waals surface area (Å²) in [5.41, 5.74) is 1.82. The fraction of sp³-hybridized carbons (Fsp3) is 0.190. The molecule has 0 fully saturated rings. The van der Waals surface area contributed by atoms with E-state index in [-0.39, 0.29) is 18.7 Å². The maximum atomic E-state index is 12.3. The van der Waals surface area contributed by atoms with Gasteiger partial charge < -0.3 is 15.0 Å². The van der Waals surface area contributed by atoms with Gasteiger partial charge in [-0.3, -0.25) is 14.6 Å². The highest BCUT2D eigenvalue weighted by atomic mass is 19.4. The van der Waals surface area contributed by atoms with Gasteiger partial charge in [0.1, 0.15) is 12.2 Å². The normalized spacial score (nSPS) is 11.3. The molecule has 0 saturated carbocycles. The van der Waals surface area contributed by atoms with Crippen molar-refractivity contribution in [3.63, 3.8) is 0 Å². The van der Waals surface area contributed by atoms with E-state index in [0.717, 1.165) is 5.56 Å². The Morgan fingerprint density at radius 1 is 1.03 bits per heavy atom. The van der Waals surface area contributed by atoms with Gasteiger partial charge in [0.05, 0.1) is 18.0 Å². The fourth-order valence-corrected chi connectivity index (χ4v) is 2.64. The lowest BCUT2D eigenvalue weighted by molar-refractivity contribution is -0.176. The first kappa shape index (κ1) is 21.3. The molecule has 3 rings (SSSR count). The molecule has 0 atom stereocenters. The van der Waals surface area contributed by atoms with Crippen molar-refractivity contribution in [2.75, 3.05) is 6.61 Å². The SMILES string of the molecule is O=C(NCc1ccc(COCC(F)(F)F)cc1)c1ccc(-c2ccccn2)[nH]c1=O. The molecule has 0 radical (unpaired) electrons. The van der Waals surface area contributed by atoms with Gasteiger partial charge in [0.2, 0.25) is 0 Å². The van der Waals surface area contributed by atoms with E-state index >= 15 is 0 Å². The first-order chi connectivity index (χ1) is 14.3. The van der Waals surface area contributed by atoms with Crippen LogP contribution in [0.2, 0.25) is 0 Å². The van der Waals surface area contributed by atoms with Crippen LogP contribution in [0.4, 0.5) is 13.2 Å². The standard InChI is InChI=1S/C21H18F3N3O3/c22-21(23,24)13-30-12-15-6-4-14(5-7-15)11-26-19(28)16-8-9-18(27-20(16)29)17-3-1-2-10-25-17/h1-10H,11-13H2,(H,26,28)(H,27,29). The summed E-state index contributed by atoms with van der Waals surface area (Å²) in [6, 6.07) is 14.9. The van der Waals surface area contributed by atoms with Gasteiger partial charge in [0, 0.05) is 12.7 Å². The van der Waals surface area contributed by atoms with E-state index in [1.54, 1.807) is 54.7 Å². The molecule has 9 heteroatoms. The van der Waals surface area contributed by atoms with Gasteiger partial charge in [-0.15, -0.1) is 0 Å². The Morgan fingerprint density at radius 3 is 2.40 bits per heavy atom. The summed E-state index contributed by atoms with van der Waals surface area (Å²) >= 11 is 0. The van der Waals surface area contributed by atoms with Crippen molar-refractivity contribution in [2.45, 2.75) is 19.3 Å². The van der Waals surface area contributed by atoms with Crippen LogP contribution in [0.5, 0.6) is 0 Å². The third-order valence-electron chi connectivity index (χ3n) is 4.11. The van der Waals surface area contributed by atoms with Crippen molar-refractivity contribution in [1.82, 2.24) is 15.3 Å². The number of alkyl halides is 3. The molecular weight excluding hydrogens is 399 g/mol. The summed E-state index contributed by atoms with van der Waals surface area (Å²) in [7, 11) is 0. The largest absolute Gasteiger partial charge is 0.411 e. The lowest BCUT2D eigenvalue weighted by Gasteiger charge is -2.09. The number of rotatable bonds is 7. The van der Waals surface area contributed by atoms with E-state index in [1.165, 1.54) is 6.07 Å². The van der Waals surface area contributed by atoms with Crippen LogP contribution in [0, 0.1) is 0 Å². The molecule has 0 saturated heterocycles. The van der Waals surface area contributed by atoms with Crippen molar-refractivity contribution in [3.8, 4) is 11.4 Å². The molecular formula is C21H18F3N3O3. The minimum atomic E-state index is -4.36. The molecule has 2 N–H and O–H groups in total. The van der Waals surface area contributed by atoms with Crippen LogP contribution in [0.25, 0.3) is 11.4 Å². The van der Waals surface area contributed by atoms with Crippen LogP contribution in [-0.4, -0.2) is 28.7 Å². The minimum Gasteiger partial charge on any atom is -0.367 e. The number of nitrogens with one attached hydrogen (secondary N) is 2. The third kappa shape index (κ3) is 6.02. The van der Waals surface area contributed by atoms with Gasteiger partial charge in [-0.2, -0.15) is 13.2 Å². The van der Waals surface area contributed by atoms with Crippen molar-refractivity contribution >= 4 is 5.91 Å². The van der Waals surface area contributed by atoms with Crippen LogP contribution >= 0.6 is 0 Å². The summed E-state index contributed by atoms with van der Waals surface area (Å²) in [6.45, 7) is -1.31. The Morgan fingerprint density at radius 2 is 1.77 bits per heavy atom. The topological polar surface area (TPSA) is 84.1 Å². The zero-order valence-electron chi connectivity index (χ0n) is 15.7. The number of benzene rings is 1. The summed E-state index contributed by atoms with van der Waals surface area (Å²) in [5.74, 6) is -0.540. The zero-order chi connectivity index (χ0) is 21.6. The number of amides is 1. The lowest BCUT2D eigenvalue weighted by Crippen LogP contribution is -2.29. The number of carbonyl (C=O) groups excluding carboxylic acids is 1. The second-order valence-corrected chi connectivity index (χ2v) is 6.44. The van der Waals surface area contributed by atoms with Crippen LogP contribution in [0.15, 0.2) is 65.6 Å². The van der Waals surface area contributed by atoms with Crippen molar-refractivity contribution in [2.24, 2.45) is 0 Å². The number of aromatic nitrogens is 2. The molecule has 30 heavy (non-hydrogen) atoms. The van der Waals surface area contributed by atoms with Gasteiger partial charge in [-0.25, -0.2) is 0 Å². The molecule has 6 nitrogen and oxygen atoms in total. The van der Waals surface area contributed by atoms with Gasteiger partial charge in [0.15, 0.2) is 0 Å². The smallest absolute Gasteiger partial charge is 0.367 e. The Balaban J connectivity index is 1.56. The van der Waals surface area contributed by atoms with Crippen LogP contribution < -0.4 is 10.9 Å². The average molecular weight is 417 g/mol. The molecule has 2 aromatic heterocycles. The molecule has 0 aliphatic carbocycles. The monoisotopic (exact) mass is 417 g/mol. The number of ether oxygens (including phenoxy) is 1. The van der Waals surface area contributed by atoms with Crippen LogP contribution in [0.3, 0.4) is 0 Å². The molecule has 1 amide bonds. The van der Waals surface area contributed by atoms with Crippen molar-refractivity contribution in [1.29, 1.82) is 0 Å². The lowest BCUT2D eigenvalue weighted by atomic mass is 10.1. The number of hydrogen-bond acceptors (Lipinski definition) is 4. The molecule has 156 valence electrons. The second-order valence-electron chi connectivity index (χ2n) is 6.44. The van der Waals surface area contributed by atoms with E-state index in [4.69, 9.17) is 0 Å². The summed E-state index contributed by atoms with van der Waals surface area (Å²) < 4.78 is 40.8. The maximum absolute atomic E-state index is 12.3. The minimum absolute atomic E-state index is 0.0353. The molecule has 0 unspecified atom stereocenters. The summed E-state index contributed by atoms with van der Waals surface area (Å²) in [6.07, 6.45) is -2.76. The highest BCUT2D eigenvalue weighted by molar-refractivity contribution is 5.94. The highest BCUT2D eigenvalue weighted by Crippen LogP contribution is 2.16. The van der Waals surface area contributed by atoms with Gasteiger partial charge in [0.25, 0.3) is 11.5 Å². The number of H-pyrrole nitrogens is 1. The average Bonchev–Trinajstić information content (AvgIpc) is 2.72. The second kappa shape index (κ2) is 9.36. The number of pyridine rings is 2. The molecule has 0 spiro atoms. The molecule has 0 aliphatic heterocycles. The predicted molar refractivity (Wildman–Crippen MR) is 104 cm³/mol. The maximum Gasteiger partial charge on any atom is 0.411 e. The number of nitrogens with zero attached hydrogens (tertiary/aromatic N) is 1. The van der Waals surface area contributed by atoms with E-state index < -0.39 is 24.2 Å². The molecule has 1 aromatic carbocycles.